The minimum atomic E-state index is -1.04. The molecule has 1 aromatic carbocycles. The van der Waals surface area contributed by atoms with Crippen molar-refractivity contribution in [3.05, 3.63) is 45.4 Å². The highest BCUT2D eigenvalue weighted by molar-refractivity contribution is 7.09. The largest absolute Gasteiger partial charge is 0.486 e. The highest BCUT2D eigenvalue weighted by Crippen LogP contribution is 2.18. The number of thiazole rings is 1. The number of halogens is 1. The molecule has 8 heteroatoms. The topological polar surface area (TPSA) is 88.5 Å². The van der Waals surface area contributed by atoms with E-state index in [2.05, 4.69) is 10.3 Å². The molecular formula is C16H17ClN2O4S. The van der Waals surface area contributed by atoms with Crippen LogP contribution in [0.25, 0.3) is 0 Å². The van der Waals surface area contributed by atoms with Gasteiger partial charge in [0.2, 0.25) is 5.91 Å². The third kappa shape index (κ3) is 5.50. The molecule has 1 amide bonds. The first-order valence-corrected chi connectivity index (χ1v) is 8.57. The summed E-state index contributed by atoms with van der Waals surface area (Å²) < 4.78 is 5.59. The third-order valence-corrected chi connectivity index (χ3v) is 4.28. The minimum absolute atomic E-state index is 0.0429. The van der Waals surface area contributed by atoms with Crippen LogP contribution in [-0.4, -0.2) is 28.0 Å². The van der Waals surface area contributed by atoms with Crippen molar-refractivity contribution in [2.45, 2.75) is 32.4 Å². The smallest absolute Gasteiger partial charge is 0.326 e. The molecule has 2 N–H and O–H groups in total. The normalized spacial score (nSPS) is 11.8. The molecule has 1 atom stereocenters. The maximum Gasteiger partial charge on any atom is 0.326 e. The Labute approximate surface area is 148 Å². The molecule has 0 aliphatic carbocycles. The van der Waals surface area contributed by atoms with E-state index >= 15 is 0 Å². The summed E-state index contributed by atoms with van der Waals surface area (Å²) >= 11 is 7.19. The summed E-state index contributed by atoms with van der Waals surface area (Å²) in [6, 6.07) is 6.13. The van der Waals surface area contributed by atoms with Crippen LogP contribution in [0.2, 0.25) is 5.02 Å². The summed E-state index contributed by atoms with van der Waals surface area (Å²) in [4.78, 5) is 27.1. The molecule has 0 unspecified atom stereocenters. The number of rotatable bonds is 8. The molecule has 24 heavy (non-hydrogen) atoms. The van der Waals surface area contributed by atoms with Crippen LogP contribution in [0.15, 0.2) is 29.6 Å². The summed E-state index contributed by atoms with van der Waals surface area (Å²) in [5.41, 5.74) is 0.590. The number of carboxylic acids is 1. The Balaban J connectivity index is 1.85. The minimum Gasteiger partial charge on any atom is -0.486 e. The maximum atomic E-state index is 11.9. The van der Waals surface area contributed by atoms with E-state index in [0.29, 0.717) is 29.5 Å². The molecule has 0 spiro atoms. The van der Waals surface area contributed by atoms with E-state index in [1.54, 1.807) is 36.6 Å². The van der Waals surface area contributed by atoms with Crippen molar-refractivity contribution in [1.29, 1.82) is 0 Å². The van der Waals surface area contributed by atoms with E-state index in [-0.39, 0.29) is 12.3 Å². The van der Waals surface area contributed by atoms with Crippen molar-refractivity contribution < 1.29 is 19.4 Å². The van der Waals surface area contributed by atoms with Crippen LogP contribution in [-0.2, 0) is 22.6 Å². The molecule has 1 heterocycles. The first kappa shape index (κ1) is 18.2. The number of ether oxygens (including phenoxy) is 1. The van der Waals surface area contributed by atoms with Crippen LogP contribution in [0.3, 0.4) is 0 Å². The molecule has 0 fully saturated rings. The van der Waals surface area contributed by atoms with Gasteiger partial charge in [-0.3, -0.25) is 4.79 Å². The van der Waals surface area contributed by atoms with Gasteiger partial charge in [-0.1, -0.05) is 18.5 Å². The van der Waals surface area contributed by atoms with Crippen LogP contribution in [0.1, 0.15) is 24.0 Å². The van der Waals surface area contributed by atoms with Gasteiger partial charge in [-0.25, -0.2) is 9.78 Å². The number of aliphatic carboxylic acids is 1. The number of nitrogens with zero attached hydrogens (tertiary/aromatic N) is 1. The van der Waals surface area contributed by atoms with Gasteiger partial charge in [0.1, 0.15) is 23.4 Å². The van der Waals surface area contributed by atoms with Crippen LogP contribution in [0.4, 0.5) is 0 Å². The second-order valence-corrected chi connectivity index (χ2v) is 6.40. The van der Waals surface area contributed by atoms with Gasteiger partial charge in [0.05, 0.1) is 12.1 Å². The molecule has 0 aliphatic rings. The fourth-order valence-corrected chi connectivity index (χ4v) is 2.75. The number of amides is 1. The van der Waals surface area contributed by atoms with Crippen LogP contribution in [0.5, 0.6) is 5.75 Å². The first-order valence-electron chi connectivity index (χ1n) is 7.31. The average molecular weight is 369 g/mol. The molecule has 2 aromatic rings. The van der Waals surface area contributed by atoms with E-state index < -0.39 is 12.0 Å². The van der Waals surface area contributed by atoms with Gasteiger partial charge in [0, 0.05) is 10.4 Å². The zero-order valence-corrected chi connectivity index (χ0v) is 14.6. The fraction of sp³-hybridized carbons (Fsp3) is 0.312. The summed E-state index contributed by atoms with van der Waals surface area (Å²) in [5.74, 6) is -0.720. The summed E-state index contributed by atoms with van der Waals surface area (Å²) in [6.45, 7) is 1.99. The van der Waals surface area contributed by atoms with E-state index in [1.807, 2.05) is 0 Å². The predicted molar refractivity (Wildman–Crippen MR) is 91.5 cm³/mol. The van der Waals surface area contributed by atoms with Crippen molar-refractivity contribution in [2.75, 3.05) is 0 Å². The Morgan fingerprint density at radius 3 is 2.71 bits per heavy atom. The number of hydrogen-bond acceptors (Lipinski definition) is 5. The Morgan fingerprint density at radius 1 is 1.38 bits per heavy atom. The molecule has 6 nitrogen and oxygen atoms in total. The Bertz CT molecular complexity index is 702. The molecule has 2 rings (SSSR count). The standard InChI is InChI=1S/C16H17ClN2O4S/c1-2-13(16(21)22)19-14(20)7-11-9-24-15(18-11)8-23-12-5-3-10(17)4-6-12/h3-6,9,13H,2,7-8H2,1H3,(H,19,20)(H,21,22)/t13-/m0/s1. The molecule has 1 aromatic heterocycles. The zero-order chi connectivity index (χ0) is 17.5. The van der Waals surface area contributed by atoms with Gasteiger partial charge in [0.15, 0.2) is 0 Å². The molecule has 0 aliphatic heterocycles. The quantitative estimate of drug-likeness (QED) is 0.747. The first-order chi connectivity index (χ1) is 11.5. The van der Waals surface area contributed by atoms with Crippen molar-refractivity contribution in [1.82, 2.24) is 10.3 Å². The van der Waals surface area contributed by atoms with Gasteiger partial charge in [-0.05, 0) is 30.7 Å². The second kappa shape index (κ2) is 8.65. The summed E-state index contributed by atoms with van der Waals surface area (Å²) in [5, 5.41) is 14.5. The molecule has 0 radical (unpaired) electrons. The van der Waals surface area contributed by atoms with Crippen molar-refractivity contribution in [3.63, 3.8) is 0 Å². The predicted octanol–water partition coefficient (Wildman–Crippen LogP) is 2.90. The summed E-state index contributed by atoms with van der Waals surface area (Å²) in [6.07, 6.45) is 0.375. The van der Waals surface area contributed by atoms with Crippen molar-refractivity contribution >= 4 is 34.8 Å². The van der Waals surface area contributed by atoms with Gasteiger partial charge in [-0.2, -0.15) is 0 Å². The van der Waals surface area contributed by atoms with Crippen molar-refractivity contribution in [2.24, 2.45) is 0 Å². The molecule has 0 bridgehead atoms. The lowest BCUT2D eigenvalue weighted by molar-refractivity contribution is -0.141. The van der Waals surface area contributed by atoms with E-state index in [0.717, 1.165) is 5.01 Å². The van der Waals surface area contributed by atoms with Gasteiger partial charge < -0.3 is 15.2 Å². The zero-order valence-electron chi connectivity index (χ0n) is 13.0. The maximum absolute atomic E-state index is 11.9. The highest BCUT2D eigenvalue weighted by Gasteiger charge is 2.18. The van der Waals surface area contributed by atoms with E-state index in [1.165, 1.54) is 11.3 Å². The average Bonchev–Trinajstić information content (AvgIpc) is 2.99. The lowest BCUT2D eigenvalue weighted by atomic mass is 10.2. The molecule has 0 saturated carbocycles. The number of aromatic nitrogens is 1. The second-order valence-electron chi connectivity index (χ2n) is 5.02. The SMILES string of the molecule is CC[C@H](NC(=O)Cc1csc(COc2ccc(Cl)cc2)n1)C(=O)O. The van der Waals surface area contributed by atoms with E-state index in [9.17, 15) is 9.59 Å². The Morgan fingerprint density at radius 2 is 2.08 bits per heavy atom. The third-order valence-electron chi connectivity index (χ3n) is 3.16. The number of carbonyl (C=O) groups is 2. The van der Waals surface area contributed by atoms with E-state index in [4.69, 9.17) is 21.4 Å². The van der Waals surface area contributed by atoms with Crippen molar-refractivity contribution in [3.8, 4) is 5.75 Å². The van der Waals surface area contributed by atoms with Crippen LogP contribution < -0.4 is 10.1 Å². The van der Waals surface area contributed by atoms with Gasteiger partial charge in [0.25, 0.3) is 0 Å². The lowest BCUT2D eigenvalue weighted by Gasteiger charge is -2.11. The monoisotopic (exact) mass is 368 g/mol. The Kier molecular flexibility index (Phi) is 6.57. The summed E-state index contributed by atoms with van der Waals surface area (Å²) in [7, 11) is 0. The lowest BCUT2D eigenvalue weighted by Crippen LogP contribution is -2.41. The number of carboxylic acid groups (broad SMARTS) is 1. The van der Waals surface area contributed by atoms with Gasteiger partial charge in [-0.15, -0.1) is 11.3 Å². The Hall–Kier alpha value is -2.12. The number of hydrogen-bond donors (Lipinski definition) is 2. The number of benzene rings is 1. The fourth-order valence-electron chi connectivity index (χ4n) is 1.92. The molecule has 0 saturated heterocycles. The molecule has 128 valence electrons. The number of carbonyl (C=O) groups excluding carboxylic acids is 1. The van der Waals surface area contributed by atoms with Crippen LogP contribution >= 0.6 is 22.9 Å². The van der Waals surface area contributed by atoms with Gasteiger partial charge >= 0.3 is 5.97 Å². The van der Waals surface area contributed by atoms with Crippen LogP contribution in [0, 0.1) is 0 Å². The molecular weight excluding hydrogens is 352 g/mol. The number of nitrogens with one attached hydrogen (secondary N) is 1. The highest BCUT2D eigenvalue weighted by atomic mass is 35.5.